The Hall–Kier alpha value is -1.30. The molecule has 0 saturated heterocycles. The highest BCUT2D eigenvalue weighted by Gasteiger charge is 2.22. The first-order valence-electron chi connectivity index (χ1n) is 6.69. The molecule has 0 aliphatic rings. The summed E-state index contributed by atoms with van der Waals surface area (Å²) in [6.07, 6.45) is 1.08. The molecule has 0 aliphatic heterocycles. The smallest absolute Gasteiger partial charge is 0.258 e. The third kappa shape index (κ3) is 4.09. The summed E-state index contributed by atoms with van der Waals surface area (Å²) in [5.74, 6) is 0.645. The van der Waals surface area contributed by atoms with Crippen molar-refractivity contribution in [2.24, 2.45) is 5.92 Å². The average molecular weight is 284 g/mol. The van der Waals surface area contributed by atoms with Crippen molar-refractivity contribution in [2.45, 2.75) is 53.1 Å². The van der Waals surface area contributed by atoms with Gasteiger partial charge in [0.25, 0.3) is 5.91 Å². The van der Waals surface area contributed by atoms with Crippen LogP contribution in [0, 0.1) is 5.92 Å². The summed E-state index contributed by atoms with van der Waals surface area (Å²) >= 11 is 1.24. The van der Waals surface area contributed by atoms with Crippen molar-refractivity contribution in [3.05, 3.63) is 5.56 Å². The van der Waals surface area contributed by atoms with Gasteiger partial charge in [0.05, 0.1) is 0 Å². The van der Waals surface area contributed by atoms with Crippen LogP contribution < -0.4 is 16.4 Å². The van der Waals surface area contributed by atoms with Crippen LogP contribution in [-0.2, 0) is 0 Å². The van der Waals surface area contributed by atoms with E-state index >= 15 is 0 Å². The maximum Gasteiger partial charge on any atom is 0.258 e. The van der Waals surface area contributed by atoms with Crippen LogP contribution >= 0.6 is 11.5 Å². The number of carbonyl (C=O) groups excluding carboxylic acids is 1. The zero-order chi connectivity index (χ0) is 14.6. The fraction of sp³-hybridized carbons (Fsp3) is 0.692. The Labute approximate surface area is 119 Å². The van der Waals surface area contributed by atoms with Crippen molar-refractivity contribution in [3.63, 3.8) is 0 Å². The number of nitrogens with two attached hydrogens (primary N) is 1. The Balaban J connectivity index is 2.88. The lowest BCUT2D eigenvalue weighted by atomic mass is 10.0. The molecule has 2 atom stereocenters. The number of hydrogen-bond acceptors (Lipinski definition) is 5. The Morgan fingerprint density at radius 2 is 2.00 bits per heavy atom. The van der Waals surface area contributed by atoms with E-state index in [1.54, 1.807) is 0 Å². The number of aromatic nitrogens is 1. The zero-order valence-corrected chi connectivity index (χ0v) is 13.1. The summed E-state index contributed by atoms with van der Waals surface area (Å²) in [5.41, 5.74) is 6.27. The molecule has 1 heterocycles. The van der Waals surface area contributed by atoms with Crippen molar-refractivity contribution in [1.82, 2.24) is 9.69 Å². The SMILES string of the molecule is CCC(C)C(C)Nc1snc(N)c1C(=O)NC(C)C. The number of rotatable bonds is 6. The largest absolute Gasteiger partial charge is 0.382 e. The van der Waals surface area contributed by atoms with Gasteiger partial charge in [-0.05, 0) is 38.2 Å². The van der Waals surface area contributed by atoms with E-state index in [4.69, 9.17) is 5.73 Å². The normalized spacial score (nSPS) is 14.2. The van der Waals surface area contributed by atoms with Crippen LogP contribution in [0.5, 0.6) is 0 Å². The highest BCUT2D eigenvalue weighted by atomic mass is 32.1. The van der Waals surface area contributed by atoms with Gasteiger partial charge in [0.1, 0.15) is 10.6 Å². The molecule has 0 spiro atoms. The van der Waals surface area contributed by atoms with Crippen LogP contribution in [0.25, 0.3) is 0 Å². The van der Waals surface area contributed by atoms with E-state index < -0.39 is 0 Å². The van der Waals surface area contributed by atoms with Gasteiger partial charge in [0.2, 0.25) is 0 Å². The van der Waals surface area contributed by atoms with Crippen molar-refractivity contribution in [3.8, 4) is 0 Å². The van der Waals surface area contributed by atoms with E-state index in [0.717, 1.165) is 11.4 Å². The molecule has 0 radical (unpaired) electrons. The van der Waals surface area contributed by atoms with Crippen LogP contribution in [0.1, 0.15) is 51.4 Å². The number of carbonyl (C=O) groups is 1. The monoisotopic (exact) mass is 284 g/mol. The fourth-order valence-corrected chi connectivity index (χ4v) is 2.47. The van der Waals surface area contributed by atoms with E-state index in [0.29, 0.717) is 17.3 Å². The molecule has 0 bridgehead atoms. The van der Waals surface area contributed by atoms with Gasteiger partial charge >= 0.3 is 0 Å². The van der Waals surface area contributed by atoms with E-state index in [-0.39, 0.29) is 18.0 Å². The predicted octanol–water partition coefficient (Wildman–Crippen LogP) is 2.71. The quantitative estimate of drug-likeness (QED) is 0.750. The second kappa shape index (κ2) is 6.75. The molecule has 1 amide bonds. The third-order valence-corrected chi connectivity index (χ3v) is 4.01. The molecule has 1 aromatic rings. The van der Waals surface area contributed by atoms with E-state index in [1.807, 2.05) is 13.8 Å². The number of anilines is 2. The third-order valence-electron chi connectivity index (χ3n) is 3.22. The Morgan fingerprint density at radius 3 is 2.53 bits per heavy atom. The molecule has 0 aliphatic carbocycles. The molecular weight excluding hydrogens is 260 g/mol. The molecule has 4 N–H and O–H groups in total. The van der Waals surface area contributed by atoms with Crippen LogP contribution in [0.4, 0.5) is 10.8 Å². The molecule has 6 heteroatoms. The summed E-state index contributed by atoms with van der Waals surface area (Å²) in [6, 6.07) is 0.349. The number of amides is 1. The van der Waals surface area contributed by atoms with E-state index in [2.05, 4.69) is 35.8 Å². The molecule has 0 fully saturated rings. The summed E-state index contributed by atoms with van der Waals surface area (Å²) in [6.45, 7) is 10.3. The zero-order valence-electron chi connectivity index (χ0n) is 12.3. The van der Waals surface area contributed by atoms with Crippen LogP contribution in [0.3, 0.4) is 0 Å². The second-order valence-electron chi connectivity index (χ2n) is 5.22. The van der Waals surface area contributed by atoms with Crippen molar-refractivity contribution >= 4 is 28.3 Å². The lowest BCUT2D eigenvalue weighted by Gasteiger charge is -2.20. The van der Waals surface area contributed by atoms with Crippen LogP contribution in [0.2, 0.25) is 0 Å². The highest BCUT2D eigenvalue weighted by molar-refractivity contribution is 7.11. The summed E-state index contributed by atoms with van der Waals surface area (Å²) in [7, 11) is 0. The Bertz CT molecular complexity index is 430. The van der Waals surface area contributed by atoms with Crippen molar-refractivity contribution in [1.29, 1.82) is 0 Å². The predicted molar refractivity (Wildman–Crippen MR) is 81.7 cm³/mol. The molecule has 108 valence electrons. The number of nitrogens with zero attached hydrogens (tertiary/aromatic N) is 1. The lowest BCUT2D eigenvalue weighted by Crippen LogP contribution is -2.31. The molecular formula is C13H24N4OS. The van der Waals surface area contributed by atoms with Crippen molar-refractivity contribution < 1.29 is 4.79 Å². The summed E-state index contributed by atoms with van der Waals surface area (Å²) in [4.78, 5) is 12.1. The Kier molecular flexibility index (Phi) is 5.60. The van der Waals surface area contributed by atoms with Crippen LogP contribution in [-0.4, -0.2) is 22.4 Å². The molecule has 0 saturated carbocycles. The van der Waals surface area contributed by atoms with E-state index in [1.165, 1.54) is 11.5 Å². The lowest BCUT2D eigenvalue weighted by molar-refractivity contribution is 0.0945. The molecule has 19 heavy (non-hydrogen) atoms. The average Bonchev–Trinajstić information content (AvgIpc) is 2.68. The number of hydrogen-bond donors (Lipinski definition) is 3. The summed E-state index contributed by atoms with van der Waals surface area (Å²) in [5, 5.41) is 6.96. The minimum absolute atomic E-state index is 0.0756. The van der Waals surface area contributed by atoms with Gasteiger partial charge < -0.3 is 16.4 Å². The topological polar surface area (TPSA) is 80.0 Å². The summed E-state index contributed by atoms with van der Waals surface area (Å²) < 4.78 is 4.08. The van der Waals surface area contributed by atoms with Gasteiger partial charge in [0, 0.05) is 12.1 Å². The van der Waals surface area contributed by atoms with Gasteiger partial charge in [-0.1, -0.05) is 20.3 Å². The number of nitrogen functional groups attached to an aromatic ring is 1. The first-order valence-corrected chi connectivity index (χ1v) is 7.46. The standard InChI is InChI=1S/C13H24N4OS/c1-6-8(4)9(5)16-13-10(11(14)17-19-13)12(18)15-7(2)3/h7-9,16H,6H2,1-5H3,(H2,14,17)(H,15,18). The number of nitrogens with one attached hydrogen (secondary N) is 2. The Morgan fingerprint density at radius 1 is 1.37 bits per heavy atom. The molecule has 5 nitrogen and oxygen atoms in total. The minimum Gasteiger partial charge on any atom is -0.382 e. The maximum absolute atomic E-state index is 12.1. The van der Waals surface area contributed by atoms with Gasteiger partial charge in [0.15, 0.2) is 5.82 Å². The molecule has 0 aromatic carbocycles. The van der Waals surface area contributed by atoms with Gasteiger partial charge in [-0.2, -0.15) is 4.37 Å². The fourth-order valence-electron chi connectivity index (χ4n) is 1.66. The first-order chi connectivity index (χ1) is 8.86. The molecule has 2 unspecified atom stereocenters. The van der Waals surface area contributed by atoms with Gasteiger partial charge in [-0.25, -0.2) is 0 Å². The highest BCUT2D eigenvalue weighted by Crippen LogP contribution is 2.28. The van der Waals surface area contributed by atoms with Gasteiger partial charge in [-0.3, -0.25) is 4.79 Å². The molecule has 1 rings (SSSR count). The first kappa shape index (κ1) is 15.8. The minimum atomic E-state index is -0.167. The van der Waals surface area contributed by atoms with Crippen molar-refractivity contribution in [2.75, 3.05) is 11.1 Å². The second-order valence-corrected chi connectivity index (χ2v) is 5.99. The van der Waals surface area contributed by atoms with Gasteiger partial charge in [-0.15, -0.1) is 0 Å². The molecule has 1 aromatic heterocycles. The van der Waals surface area contributed by atoms with E-state index in [9.17, 15) is 4.79 Å². The van der Waals surface area contributed by atoms with Crippen LogP contribution in [0.15, 0.2) is 0 Å². The maximum atomic E-state index is 12.1.